The van der Waals surface area contributed by atoms with Gasteiger partial charge in [0.1, 0.15) is 6.04 Å². The molecule has 1 aromatic heterocycles. The van der Waals surface area contributed by atoms with Gasteiger partial charge in [0.15, 0.2) is 5.69 Å². The Morgan fingerprint density at radius 3 is 2.92 bits per heavy atom. The number of piperidine rings is 1. The fourth-order valence-corrected chi connectivity index (χ4v) is 3.19. The first kappa shape index (κ1) is 20.2. The van der Waals surface area contributed by atoms with Gasteiger partial charge in [-0.25, -0.2) is 0 Å². The fourth-order valence-electron chi connectivity index (χ4n) is 3.19. The summed E-state index contributed by atoms with van der Waals surface area (Å²) in [6.45, 7) is 4.43. The Kier molecular flexibility index (Phi) is 7.41. The van der Waals surface area contributed by atoms with Gasteiger partial charge in [0.05, 0.1) is 5.52 Å². The summed E-state index contributed by atoms with van der Waals surface area (Å²) in [5, 5.41) is 16.6. The first-order valence-corrected chi connectivity index (χ1v) is 8.87. The third-order valence-electron chi connectivity index (χ3n) is 4.68. The number of nitrogens with zero attached hydrogens (tertiary/aromatic N) is 1. The zero-order chi connectivity index (χ0) is 17.6. The number of fused-ring (bicyclic) bond motifs is 1. The molecule has 0 spiro atoms. The van der Waals surface area contributed by atoms with Crippen molar-refractivity contribution in [1.82, 2.24) is 26.1 Å². The van der Waals surface area contributed by atoms with E-state index in [9.17, 15) is 9.59 Å². The van der Waals surface area contributed by atoms with Crippen molar-refractivity contribution in [2.24, 2.45) is 5.92 Å². The monoisotopic (exact) mass is 379 g/mol. The molecule has 1 fully saturated rings. The van der Waals surface area contributed by atoms with Crippen molar-refractivity contribution in [2.45, 2.75) is 32.2 Å². The maximum Gasteiger partial charge on any atom is 0.273 e. The molecule has 1 aromatic carbocycles. The maximum atomic E-state index is 12.4. The molecule has 0 saturated carbocycles. The quantitative estimate of drug-likeness (QED) is 0.612. The minimum Gasteiger partial charge on any atom is -0.354 e. The number of hydrogen-bond donors (Lipinski definition) is 4. The van der Waals surface area contributed by atoms with Crippen molar-refractivity contribution in [3.63, 3.8) is 0 Å². The number of carbonyl (C=O) groups excluding carboxylic acids is 2. The molecular formula is C18H26ClN5O2. The van der Waals surface area contributed by atoms with E-state index in [0.29, 0.717) is 18.2 Å². The van der Waals surface area contributed by atoms with Crippen molar-refractivity contribution < 1.29 is 9.59 Å². The molecule has 0 bridgehead atoms. The Hall–Kier alpha value is -2.12. The number of carbonyl (C=O) groups is 2. The van der Waals surface area contributed by atoms with Gasteiger partial charge in [0, 0.05) is 11.9 Å². The summed E-state index contributed by atoms with van der Waals surface area (Å²) >= 11 is 0. The van der Waals surface area contributed by atoms with Crippen LogP contribution in [0.3, 0.4) is 0 Å². The zero-order valence-electron chi connectivity index (χ0n) is 14.9. The van der Waals surface area contributed by atoms with E-state index in [0.717, 1.165) is 30.4 Å². The summed E-state index contributed by atoms with van der Waals surface area (Å²) in [6, 6.07) is 6.81. The topological polar surface area (TPSA) is 98.9 Å². The largest absolute Gasteiger partial charge is 0.354 e. The summed E-state index contributed by atoms with van der Waals surface area (Å²) < 4.78 is 0. The van der Waals surface area contributed by atoms with E-state index in [1.165, 1.54) is 12.8 Å². The van der Waals surface area contributed by atoms with Crippen LogP contribution in [0.15, 0.2) is 24.3 Å². The third kappa shape index (κ3) is 4.95. The molecule has 2 unspecified atom stereocenters. The van der Waals surface area contributed by atoms with Gasteiger partial charge in [-0.05, 0) is 51.3 Å². The highest BCUT2D eigenvalue weighted by Crippen LogP contribution is 2.15. The zero-order valence-corrected chi connectivity index (χ0v) is 15.7. The van der Waals surface area contributed by atoms with Crippen LogP contribution in [0.4, 0.5) is 0 Å². The number of para-hydroxylation sites is 1. The molecule has 142 valence electrons. The molecule has 1 aliphatic rings. The molecule has 2 amide bonds. The lowest BCUT2D eigenvalue weighted by molar-refractivity contribution is -0.122. The summed E-state index contributed by atoms with van der Waals surface area (Å²) in [4.78, 5) is 24.6. The molecule has 26 heavy (non-hydrogen) atoms. The number of benzene rings is 1. The highest BCUT2D eigenvalue weighted by atomic mass is 35.5. The molecule has 0 aliphatic carbocycles. The van der Waals surface area contributed by atoms with E-state index in [2.05, 4.69) is 26.1 Å². The number of halogens is 1. The lowest BCUT2D eigenvalue weighted by Gasteiger charge is -2.23. The van der Waals surface area contributed by atoms with Crippen molar-refractivity contribution in [3.05, 3.63) is 30.0 Å². The van der Waals surface area contributed by atoms with Gasteiger partial charge >= 0.3 is 0 Å². The number of rotatable bonds is 6. The Morgan fingerprint density at radius 2 is 2.15 bits per heavy atom. The molecule has 2 atom stereocenters. The average Bonchev–Trinajstić information content (AvgIpc) is 3.06. The Morgan fingerprint density at radius 1 is 1.35 bits per heavy atom. The minimum absolute atomic E-state index is 0. The number of hydrogen-bond acceptors (Lipinski definition) is 4. The predicted molar refractivity (Wildman–Crippen MR) is 103 cm³/mol. The SMILES string of the molecule is CC(NC(=O)c1n[nH]c2ccccc12)C(=O)NCCC1CCCNC1.Cl. The Balaban J connectivity index is 0.00000243. The van der Waals surface area contributed by atoms with E-state index in [1.807, 2.05) is 24.3 Å². The summed E-state index contributed by atoms with van der Waals surface area (Å²) in [7, 11) is 0. The van der Waals surface area contributed by atoms with Gasteiger partial charge < -0.3 is 16.0 Å². The first-order chi connectivity index (χ1) is 12.1. The van der Waals surface area contributed by atoms with Crippen molar-refractivity contribution in [1.29, 1.82) is 0 Å². The van der Waals surface area contributed by atoms with Gasteiger partial charge in [0.2, 0.25) is 5.91 Å². The molecule has 2 heterocycles. The molecule has 4 N–H and O–H groups in total. The van der Waals surface area contributed by atoms with Crippen LogP contribution < -0.4 is 16.0 Å². The minimum atomic E-state index is -0.604. The van der Waals surface area contributed by atoms with Gasteiger partial charge in [-0.3, -0.25) is 14.7 Å². The van der Waals surface area contributed by atoms with Gasteiger partial charge in [-0.1, -0.05) is 18.2 Å². The fraction of sp³-hybridized carbons (Fsp3) is 0.500. The van der Waals surface area contributed by atoms with E-state index >= 15 is 0 Å². The van der Waals surface area contributed by atoms with E-state index in [4.69, 9.17) is 0 Å². The van der Waals surface area contributed by atoms with Crippen molar-refractivity contribution in [3.8, 4) is 0 Å². The highest BCUT2D eigenvalue weighted by Gasteiger charge is 2.20. The molecule has 8 heteroatoms. The highest BCUT2D eigenvalue weighted by molar-refractivity contribution is 6.05. The maximum absolute atomic E-state index is 12.4. The van der Waals surface area contributed by atoms with Crippen LogP contribution in [0.2, 0.25) is 0 Å². The number of nitrogens with one attached hydrogen (secondary N) is 4. The van der Waals surface area contributed by atoms with Gasteiger partial charge in [-0.2, -0.15) is 5.10 Å². The van der Waals surface area contributed by atoms with Crippen LogP contribution in [0.25, 0.3) is 10.9 Å². The van der Waals surface area contributed by atoms with Crippen LogP contribution >= 0.6 is 12.4 Å². The van der Waals surface area contributed by atoms with Crippen LogP contribution in [-0.4, -0.2) is 47.7 Å². The summed E-state index contributed by atoms with van der Waals surface area (Å²) in [5.74, 6) is 0.0999. The lowest BCUT2D eigenvalue weighted by atomic mass is 9.96. The summed E-state index contributed by atoms with van der Waals surface area (Å²) in [5.41, 5.74) is 1.11. The normalized spacial score (nSPS) is 18.0. The molecule has 3 rings (SSSR count). The van der Waals surface area contributed by atoms with Crippen LogP contribution in [-0.2, 0) is 4.79 Å². The molecule has 2 aromatic rings. The Bertz CT molecular complexity index is 742. The molecule has 7 nitrogen and oxygen atoms in total. The second-order valence-electron chi connectivity index (χ2n) is 6.61. The summed E-state index contributed by atoms with van der Waals surface area (Å²) in [6.07, 6.45) is 3.37. The number of aromatic nitrogens is 2. The van der Waals surface area contributed by atoms with Crippen LogP contribution in [0.1, 0.15) is 36.7 Å². The second-order valence-corrected chi connectivity index (χ2v) is 6.61. The van der Waals surface area contributed by atoms with E-state index in [-0.39, 0.29) is 24.2 Å². The van der Waals surface area contributed by atoms with E-state index < -0.39 is 6.04 Å². The molecule has 0 radical (unpaired) electrons. The van der Waals surface area contributed by atoms with Crippen LogP contribution in [0, 0.1) is 5.92 Å². The lowest BCUT2D eigenvalue weighted by Crippen LogP contribution is -2.45. The molecule has 1 aliphatic heterocycles. The van der Waals surface area contributed by atoms with E-state index in [1.54, 1.807) is 6.92 Å². The van der Waals surface area contributed by atoms with Crippen molar-refractivity contribution in [2.75, 3.05) is 19.6 Å². The first-order valence-electron chi connectivity index (χ1n) is 8.87. The smallest absolute Gasteiger partial charge is 0.273 e. The van der Waals surface area contributed by atoms with Gasteiger partial charge in [-0.15, -0.1) is 12.4 Å². The molecular weight excluding hydrogens is 354 g/mol. The third-order valence-corrected chi connectivity index (χ3v) is 4.68. The predicted octanol–water partition coefficient (Wildman–Crippen LogP) is 1.61. The number of amides is 2. The number of aromatic amines is 1. The van der Waals surface area contributed by atoms with Crippen LogP contribution in [0.5, 0.6) is 0 Å². The second kappa shape index (κ2) is 9.54. The van der Waals surface area contributed by atoms with Gasteiger partial charge in [0.25, 0.3) is 5.91 Å². The molecule has 1 saturated heterocycles. The van der Waals surface area contributed by atoms with Crippen molar-refractivity contribution >= 4 is 35.1 Å². The number of H-pyrrole nitrogens is 1. The average molecular weight is 380 g/mol. The Labute approximate surface area is 159 Å². The standard InChI is InChI=1S/C18H25N5O2.ClH/c1-12(17(24)20-10-8-13-5-4-9-19-11-13)21-18(25)16-14-6-2-3-7-15(14)22-23-16;/h2-3,6-7,12-13,19H,4-5,8-11H2,1H3,(H,20,24)(H,21,25)(H,22,23);1H.